The van der Waals surface area contributed by atoms with E-state index in [0.29, 0.717) is 13.0 Å². The predicted octanol–water partition coefficient (Wildman–Crippen LogP) is 2.60. The molecule has 0 radical (unpaired) electrons. The maximum absolute atomic E-state index is 12.4. The average molecular weight is 258 g/mol. The number of carbonyl (C=O) groups is 2. The fourth-order valence-corrected chi connectivity index (χ4v) is 1.91. The highest BCUT2D eigenvalue weighted by molar-refractivity contribution is 6.01. The summed E-state index contributed by atoms with van der Waals surface area (Å²) in [4.78, 5) is 24.0. The highest BCUT2D eigenvalue weighted by atomic mass is 16.5. The van der Waals surface area contributed by atoms with E-state index in [-0.39, 0.29) is 11.7 Å². The minimum atomic E-state index is -0.686. The third kappa shape index (κ3) is 5.17. The van der Waals surface area contributed by atoms with E-state index in [9.17, 15) is 9.59 Å². The molecule has 18 heavy (non-hydrogen) atoms. The number of hydrogen-bond acceptors (Lipinski definition) is 4. The van der Waals surface area contributed by atoms with Gasteiger partial charge in [-0.1, -0.05) is 33.6 Å². The van der Waals surface area contributed by atoms with E-state index >= 15 is 0 Å². The van der Waals surface area contributed by atoms with Crippen molar-refractivity contribution in [2.24, 2.45) is 11.8 Å². The predicted molar refractivity (Wildman–Crippen MR) is 70.3 cm³/mol. The van der Waals surface area contributed by atoms with E-state index in [1.165, 1.54) is 7.11 Å². The van der Waals surface area contributed by atoms with Crippen molar-refractivity contribution in [1.29, 1.82) is 0 Å². The molecule has 0 rings (SSSR count). The zero-order valence-electron chi connectivity index (χ0n) is 12.2. The van der Waals surface area contributed by atoms with Crippen LogP contribution >= 0.6 is 0 Å². The second kappa shape index (κ2) is 9.09. The van der Waals surface area contributed by atoms with Crippen molar-refractivity contribution in [3.05, 3.63) is 0 Å². The van der Waals surface area contributed by atoms with Crippen LogP contribution in [0.3, 0.4) is 0 Å². The summed E-state index contributed by atoms with van der Waals surface area (Å²) in [5.41, 5.74) is 0. The molecule has 0 N–H and O–H groups in total. The molecule has 0 aliphatic heterocycles. The van der Waals surface area contributed by atoms with Crippen LogP contribution in [0.2, 0.25) is 0 Å². The molecular weight excluding hydrogens is 232 g/mol. The molecule has 2 atom stereocenters. The summed E-state index contributed by atoms with van der Waals surface area (Å²) in [6, 6.07) is 0. The van der Waals surface area contributed by atoms with Gasteiger partial charge in [0, 0.05) is 6.61 Å². The summed E-state index contributed by atoms with van der Waals surface area (Å²) < 4.78 is 10.2. The van der Waals surface area contributed by atoms with Crippen LogP contribution in [0.5, 0.6) is 0 Å². The van der Waals surface area contributed by atoms with Gasteiger partial charge in [-0.3, -0.25) is 9.59 Å². The van der Waals surface area contributed by atoms with Gasteiger partial charge in [0.05, 0.1) is 7.11 Å². The van der Waals surface area contributed by atoms with Crippen molar-refractivity contribution < 1.29 is 19.1 Å². The number of Topliss-reactive ketones (excluding diaryl/α,β-unsaturated/α-hetero) is 1. The van der Waals surface area contributed by atoms with Crippen molar-refractivity contribution in [3.8, 4) is 0 Å². The Labute approximate surface area is 110 Å². The maximum Gasteiger partial charge on any atom is 0.316 e. The zero-order valence-corrected chi connectivity index (χ0v) is 12.2. The summed E-state index contributed by atoms with van der Waals surface area (Å²) in [5.74, 6) is -1.22. The third-order valence-corrected chi connectivity index (χ3v) is 2.91. The molecule has 4 nitrogen and oxygen atoms in total. The Bertz CT molecular complexity index is 261. The van der Waals surface area contributed by atoms with E-state index in [0.717, 1.165) is 12.8 Å². The summed E-state index contributed by atoms with van der Waals surface area (Å²) >= 11 is 0. The lowest BCUT2D eigenvalue weighted by molar-refractivity contribution is -0.154. The van der Waals surface area contributed by atoms with Crippen LogP contribution in [0.15, 0.2) is 0 Å². The molecule has 0 saturated carbocycles. The molecule has 0 aromatic carbocycles. The lowest BCUT2D eigenvalue weighted by atomic mass is 9.89. The Morgan fingerprint density at radius 2 is 1.78 bits per heavy atom. The normalized spacial score (nSPS) is 14.3. The van der Waals surface area contributed by atoms with Gasteiger partial charge < -0.3 is 9.47 Å². The van der Waals surface area contributed by atoms with Gasteiger partial charge in [-0.15, -0.1) is 0 Å². The molecule has 106 valence electrons. The quantitative estimate of drug-likeness (QED) is 0.471. The van der Waals surface area contributed by atoms with Gasteiger partial charge in [-0.25, -0.2) is 0 Å². The summed E-state index contributed by atoms with van der Waals surface area (Å²) in [6.07, 6.45) is 1.80. The molecule has 0 spiro atoms. The molecular formula is C14H26O4. The number of rotatable bonds is 9. The van der Waals surface area contributed by atoms with Crippen LogP contribution in [-0.4, -0.2) is 31.6 Å². The molecule has 4 heteroatoms. The fourth-order valence-electron chi connectivity index (χ4n) is 1.91. The largest absolute Gasteiger partial charge is 0.468 e. The Balaban J connectivity index is 4.84. The van der Waals surface area contributed by atoms with Gasteiger partial charge >= 0.3 is 5.97 Å². The van der Waals surface area contributed by atoms with Crippen LogP contribution in [0.1, 0.15) is 47.0 Å². The lowest BCUT2D eigenvalue weighted by Gasteiger charge is -2.23. The van der Waals surface area contributed by atoms with Crippen LogP contribution in [0, 0.1) is 11.8 Å². The molecule has 0 aliphatic rings. The van der Waals surface area contributed by atoms with Crippen molar-refractivity contribution >= 4 is 11.8 Å². The third-order valence-electron chi connectivity index (χ3n) is 2.91. The number of hydrogen-bond donors (Lipinski definition) is 0. The van der Waals surface area contributed by atoms with E-state index in [2.05, 4.69) is 0 Å². The number of ether oxygens (including phenoxy) is 2. The van der Waals surface area contributed by atoms with Gasteiger partial charge in [0.1, 0.15) is 12.0 Å². The molecule has 0 bridgehead atoms. The van der Waals surface area contributed by atoms with Gasteiger partial charge in [0.2, 0.25) is 0 Å². The monoisotopic (exact) mass is 258 g/mol. The van der Waals surface area contributed by atoms with Gasteiger partial charge in [0.15, 0.2) is 5.78 Å². The average Bonchev–Trinajstić information content (AvgIpc) is 2.35. The zero-order chi connectivity index (χ0) is 14.1. The van der Waals surface area contributed by atoms with Crippen molar-refractivity contribution in [2.75, 3.05) is 13.7 Å². The lowest BCUT2D eigenvalue weighted by Crippen LogP contribution is -2.38. The Kier molecular flexibility index (Phi) is 8.63. The first-order chi connectivity index (χ1) is 8.49. The highest BCUT2D eigenvalue weighted by Gasteiger charge is 2.34. The molecule has 0 fully saturated rings. The topological polar surface area (TPSA) is 52.6 Å². The van der Waals surface area contributed by atoms with Crippen LogP contribution in [-0.2, 0) is 19.1 Å². The molecule has 2 unspecified atom stereocenters. The first kappa shape index (κ1) is 17.1. The van der Waals surface area contributed by atoms with Crippen molar-refractivity contribution in [1.82, 2.24) is 0 Å². The second-order valence-electron chi connectivity index (χ2n) is 4.74. The van der Waals surface area contributed by atoms with E-state index in [4.69, 9.17) is 9.47 Å². The maximum atomic E-state index is 12.4. The Hall–Kier alpha value is -0.900. The minimum Gasteiger partial charge on any atom is -0.468 e. The number of esters is 1. The van der Waals surface area contributed by atoms with Gasteiger partial charge in [-0.2, -0.15) is 0 Å². The number of unbranched alkanes of at least 4 members (excludes halogenated alkanes) is 1. The van der Waals surface area contributed by atoms with E-state index in [1.807, 2.05) is 27.7 Å². The van der Waals surface area contributed by atoms with Gasteiger partial charge in [-0.05, 0) is 19.3 Å². The van der Waals surface area contributed by atoms with Crippen LogP contribution in [0.4, 0.5) is 0 Å². The summed E-state index contributed by atoms with van der Waals surface area (Å²) in [6.45, 7) is 8.19. The fraction of sp³-hybridized carbons (Fsp3) is 0.857. The number of ketones is 1. The van der Waals surface area contributed by atoms with E-state index in [1.54, 1.807) is 0 Å². The molecule has 0 aliphatic carbocycles. The smallest absolute Gasteiger partial charge is 0.316 e. The summed E-state index contributed by atoms with van der Waals surface area (Å²) in [5, 5.41) is 0. The van der Waals surface area contributed by atoms with Crippen molar-refractivity contribution in [2.45, 2.75) is 53.1 Å². The standard InChI is InChI=1S/C14H26O4/c1-6-8-9-11(14(16)17-5)12(15)13(10(3)4)18-7-2/h10-11,13H,6-9H2,1-5H3. The molecule has 0 saturated heterocycles. The Morgan fingerprint density at radius 1 is 1.17 bits per heavy atom. The second-order valence-corrected chi connectivity index (χ2v) is 4.74. The summed E-state index contributed by atoms with van der Waals surface area (Å²) in [7, 11) is 1.32. The molecule has 0 aromatic rings. The SMILES string of the molecule is CCCCC(C(=O)OC)C(=O)C(OCC)C(C)C. The van der Waals surface area contributed by atoms with Crippen molar-refractivity contribution in [3.63, 3.8) is 0 Å². The first-order valence-corrected chi connectivity index (χ1v) is 6.72. The highest BCUT2D eigenvalue weighted by Crippen LogP contribution is 2.19. The number of carbonyl (C=O) groups excluding carboxylic acids is 2. The van der Waals surface area contributed by atoms with Gasteiger partial charge in [0.25, 0.3) is 0 Å². The Morgan fingerprint density at radius 3 is 2.17 bits per heavy atom. The molecule has 0 aromatic heterocycles. The molecule has 0 amide bonds. The number of methoxy groups -OCH3 is 1. The minimum absolute atomic E-state index is 0.0613. The van der Waals surface area contributed by atoms with Crippen LogP contribution < -0.4 is 0 Å². The van der Waals surface area contributed by atoms with Crippen LogP contribution in [0.25, 0.3) is 0 Å². The first-order valence-electron chi connectivity index (χ1n) is 6.72. The van der Waals surface area contributed by atoms with E-state index < -0.39 is 18.0 Å². The molecule has 0 heterocycles.